The third-order valence-corrected chi connectivity index (χ3v) is 3.02. The number of amides is 1. The average Bonchev–Trinajstić information content (AvgIpc) is 2.85. The highest BCUT2D eigenvalue weighted by molar-refractivity contribution is 6.00. The lowest BCUT2D eigenvalue weighted by molar-refractivity contribution is 0.0600. The molecule has 114 valence electrons. The third kappa shape index (κ3) is 3.41. The summed E-state index contributed by atoms with van der Waals surface area (Å²) in [4.78, 5) is 23.6. The molecule has 0 unspecified atom stereocenters. The number of hydrogen-bond acceptors (Lipinski definition) is 5. The molecule has 0 bridgehead atoms. The van der Waals surface area contributed by atoms with Gasteiger partial charge in [-0.3, -0.25) is 4.79 Å². The van der Waals surface area contributed by atoms with Gasteiger partial charge in [0.15, 0.2) is 0 Å². The zero-order valence-electron chi connectivity index (χ0n) is 12.5. The lowest BCUT2D eigenvalue weighted by atomic mass is 10.1. The van der Waals surface area contributed by atoms with E-state index in [-0.39, 0.29) is 5.91 Å². The Morgan fingerprint density at radius 3 is 2.59 bits per heavy atom. The van der Waals surface area contributed by atoms with Crippen molar-refractivity contribution in [2.75, 3.05) is 7.11 Å². The van der Waals surface area contributed by atoms with Crippen LogP contribution in [0.1, 0.15) is 37.8 Å². The summed E-state index contributed by atoms with van der Waals surface area (Å²) in [5.41, 5.74) is 3.76. The van der Waals surface area contributed by atoms with Crippen molar-refractivity contribution < 1.29 is 18.7 Å². The highest BCUT2D eigenvalue weighted by Gasteiger charge is 2.13. The SMILES string of the molecule is COC(=O)c1ccccc1/C=N\NC(=O)c1cc(C)oc1C. The van der Waals surface area contributed by atoms with E-state index in [1.807, 2.05) is 0 Å². The van der Waals surface area contributed by atoms with E-state index in [4.69, 9.17) is 9.15 Å². The summed E-state index contributed by atoms with van der Waals surface area (Å²) in [6.07, 6.45) is 1.40. The van der Waals surface area contributed by atoms with E-state index < -0.39 is 5.97 Å². The molecule has 0 saturated heterocycles. The maximum atomic E-state index is 12.0. The van der Waals surface area contributed by atoms with Gasteiger partial charge in [0.1, 0.15) is 11.5 Å². The van der Waals surface area contributed by atoms with Gasteiger partial charge in [0, 0.05) is 5.56 Å². The van der Waals surface area contributed by atoms with E-state index in [1.165, 1.54) is 13.3 Å². The number of hydrogen-bond donors (Lipinski definition) is 1. The van der Waals surface area contributed by atoms with Crippen molar-refractivity contribution in [3.8, 4) is 0 Å². The van der Waals surface area contributed by atoms with E-state index in [0.29, 0.717) is 28.2 Å². The molecule has 6 heteroatoms. The van der Waals surface area contributed by atoms with Crippen LogP contribution < -0.4 is 5.43 Å². The van der Waals surface area contributed by atoms with Crippen LogP contribution in [0.4, 0.5) is 0 Å². The van der Waals surface area contributed by atoms with Crippen LogP contribution >= 0.6 is 0 Å². The molecule has 2 rings (SSSR count). The Morgan fingerprint density at radius 2 is 1.95 bits per heavy atom. The first-order valence-electron chi connectivity index (χ1n) is 6.60. The minimum atomic E-state index is -0.463. The van der Waals surface area contributed by atoms with Crippen LogP contribution in [0.25, 0.3) is 0 Å². The minimum Gasteiger partial charge on any atom is -0.466 e. The fourth-order valence-electron chi connectivity index (χ4n) is 1.98. The van der Waals surface area contributed by atoms with Crippen LogP contribution in [-0.4, -0.2) is 25.2 Å². The molecule has 1 heterocycles. The van der Waals surface area contributed by atoms with Gasteiger partial charge >= 0.3 is 5.97 Å². The van der Waals surface area contributed by atoms with Gasteiger partial charge in [-0.25, -0.2) is 10.2 Å². The van der Waals surface area contributed by atoms with E-state index in [0.717, 1.165) is 0 Å². The number of carbonyl (C=O) groups excluding carboxylic acids is 2. The Bertz CT molecular complexity index is 731. The summed E-state index contributed by atoms with van der Waals surface area (Å²) >= 11 is 0. The van der Waals surface area contributed by atoms with E-state index in [1.54, 1.807) is 44.2 Å². The zero-order chi connectivity index (χ0) is 16.1. The fraction of sp³-hybridized carbons (Fsp3) is 0.188. The van der Waals surface area contributed by atoms with Crippen molar-refractivity contribution >= 4 is 18.1 Å². The van der Waals surface area contributed by atoms with Crippen LogP contribution in [0.15, 0.2) is 39.9 Å². The van der Waals surface area contributed by atoms with Gasteiger partial charge in [0.25, 0.3) is 5.91 Å². The van der Waals surface area contributed by atoms with Crippen molar-refractivity contribution in [2.45, 2.75) is 13.8 Å². The summed E-state index contributed by atoms with van der Waals surface area (Å²) in [5, 5.41) is 3.87. The maximum Gasteiger partial charge on any atom is 0.338 e. The molecule has 1 N–H and O–H groups in total. The van der Waals surface area contributed by atoms with Crippen molar-refractivity contribution in [3.05, 3.63) is 58.5 Å². The number of nitrogens with one attached hydrogen (secondary N) is 1. The number of methoxy groups -OCH3 is 1. The number of nitrogens with zero attached hydrogens (tertiary/aromatic N) is 1. The maximum absolute atomic E-state index is 12.0. The van der Waals surface area contributed by atoms with E-state index >= 15 is 0 Å². The lowest BCUT2D eigenvalue weighted by Crippen LogP contribution is -2.18. The number of hydrazone groups is 1. The van der Waals surface area contributed by atoms with Crippen LogP contribution in [0.5, 0.6) is 0 Å². The van der Waals surface area contributed by atoms with Gasteiger partial charge in [-0.05, 0) is 26.0 Å². The van der Waals surface area contributed by atoms with Crippen LogP contribution in [0, 0.1) is 13.8 Å². The molecule has 0 aliphatic carbocycles. The number of aryl methyl sites for hydroxylation is 2. The molecule has 1 aromatic heterocycles. The summed E-state index contributed by atoms with van der Waals surface area (Å²) in [5.74, 6) is 0.346. The molecule has 0 aliphatic heterocycles. The second-order valence-corrected chi connectivity index (χ2v) is 4.60. The monoisotopic (exact) mass is 300 g/mol. The Hall–Kier alpha value is -2.89. The smallest absolute Gasteiger partial charge is 0.338 e. The first-order chi connectivity index (χ1) is 10.5. The standard InChI is InChI=1S/C16H16N2O4/c1-10-8-14(11(2)22-10)15(19)18-17-9-12-6-4-5-7-13(12)16(20)21-3/h4-9H,1-3H3,(H,18,19)/b17-9-. The minimum absolute atomic E-state index is 0.373. The average molecular weight is 300 g/mol. The van der Waals surface area contributed by atoms with Crippen LogP contribution in [-0.2, 0) is 4.74 Å². The Morgan fingerprint density at radius 1 is 1.23 bits per heavy atom. The summed E-state index contributed by atoms with van der Waals surface area (Å²) in [6.45, 7) is 3.47. The summed E-state index contributed by atoms with van der Waals surface area (Å²) in [6, 6.07) is 8.45. The van der Waals surface area contributed by atoms with Crippen molar-refractivity contribution in [1.29, 1.82) is 0 Å². The van der Waals surface area contributed by atoms with E-state index in [9.17, 15) is 9.59 Å². The normalized spacial score (nSPS) is 10.7. The second kappa shape index (κ2) is 6.71. The van der Waals surface area contributed by atoms with Crippen molar-refractivity contribution in [1.82, 2.24) is 5.43 Å². The van der Waals surface area contributed by atoms with E-state index in [2.05, 4.69) is 10.5 Å². The number of furan rings is 1. The predicted molar refractivity (Wildman–Crippen MR) is 81.0 cm³/mol. The largest absolute Gasteiger partial charge is 0.466 e. The van der Waals surface area contributed by atoms with Gasteiger partial charge in [0.2, 0.25) is 0 Å². The third-order valence-electron chi connectivity index (χ3n) is 3.02. The molecule has 0 fully saturated rings. The van der Waals surface area contributed by atoms with Gasteiger partial charge in [-0.2, -0.15) is 5.10 Å². The highest BCUT2D eigenvalue weighted by Crippen LogP contribution is 2.13. The molecule has 1 amide bonds. The summed E-state index contributed by atoms with van der Waals surface area (Å²) in [7, 11) is 1.31. The number of benzene rings is 1. The molecule has 0 radical (unpaired) electrons. The lowest BCUT2D eigenvalue weighted by Gasteiger charge is -2.03. The predicted octanol–water partition coefficient (Wildman–Crippen LogP) is 2.45. The number of ether oxygens (including phenoxy) is 1. The second-order valence-electron chi connectivity index (χ2n) is 4.60. The summed E-state index contributed by atoms with van der Waals surface area (Å²) < 4.78 is 9.98. The Labute approximate surface area is 127 Å². The quantitative estimate of drug-likeness (QED) is 0.534. The number of carbonyl (C=O) groups is 2. The van der Waals surface area contributed by atoms with Gasteiger partial charge in [-0.1, -0.05) is 18.2 Å². The van der Waals surface area contributed by atoms with Crippen molar-refractivity contribution in [3.63, 3.8) is 0 Å². The molecule has 0 atom stereocenters. The molecule has 1 aromatic carbocycles. The van der Waals surface area contributed by atoms with Gasteiger partial charge < -0.3 is 9.15 Å². The molecular weight excluding hydrogens is 284 g/mol. The molecule has 0 aliphatic rings. The molecule has 0 saturated carbocycles. The Balaban J connectivity index is 2.12. The first-order valence-corrected chi connectivity index (χ1v) is 6.60. The molecule has 0 spiro atoms. The fourth-order valence-corrected chi connectivity index (χ4v) is 1.98. The number of rotatable bonds is 4. The van der Waals surface area contributed by atoms with Gasteiger partial charge in [0.05, 0.1) is 24.5 Å². The highest BCUT2D eigenvalue weighted by atomic mass is 16.5. The molecule has 22 heavy (non-hydrogen) atoms. The molecule has 2 aromatic rings. The zero-order valence-corrected chi connectivity index (χ0v) is 12.5. The van der Waals surface area contributed by atoms with Gasteiger partial charge in [-0.15, -0.1) is 0 Å². The Kier molecular flexibility index (Phi) is 4.73. The van der Waals surface area contributed by atoms with Crippen molar-refractivity contribution in [2.24, 2.45) is 5.10 Å². The molecular formula is C16H16N2O4. The molecule has 6 nitrogen and oxygen atoms in total. The number of esters is 1. The van der Waals surface area contributed by atoms with Crippen LogP contribution in [0.2, 0.25) is 0 Å². The first kappa shape index (κ1) is 15.5. The topological polar surface area (TPSA) is 80.9 Å². The van der Waals surface area contributed by atoms with Crippen LogP contribution in [0.3, 0.4) is 0 Å².